The second-order valence-corrected chi connectivity index (χ2v) is 5.85. The average Bonchev–Trinajstić information content (AvgIpc) is 2.27. The zero-order valence-corrected chi connectivity index (χ0v) is 11.5. The maximum atomic E-state index is 6.45. The Hall–Kier alpha value is -0.530. The van der Waals surface area contributed by atoms with E-state index in [1.54, 1.807) is 0 Å². The highest BCUT2D eigenvalue weighted by atomic mass is 35.5. The molecule has 0 spiro atoms. The first kappa shape index (κ1) is 12.9. The van der Waals surface area contributed by atoms with E-state index >= 15 is 0 Å². The summed E-state index contributed by atoms with van der Waals surface area (Å²) in [5, 5.41) is 0.179. The monoisotopic (exact) mass is 252 g/mol. The van der Waals surface area contributed by atoms with Gasteiger partial charge in [0.05, 0.1) is 5.60 Å². The third-order valence-corrected chi connectivity index (χ3v) is 4.18. The minimum Gasteiger partial charge on any atom is -0.378 e. The molecule has 0 radical (unpaired) electrons. The van der Waals surface area contributed by atoms with E-state index in [0.717, 1.165) is 12.8 Å². The van der Waals surface area contributed by atoms with Crippen LogP contribution in [0.25, 0.3) is 0 Å². The molecule has 0 saturated heterocycles. The second kappa shape index (κ2) is 5.41. The molecule has 1 aromatic carbocycles. The molecule has 1 aromatic rings. The molecule has 0 heterocycles. The quantitative estimate of drug-likeness (QED) is 0.717. The van der Waals surface area contributed by atoms with Gasteiger partial charge in [-0.3, -0.25) is 0 Å². The minimum atomic E-state index is 0.0805. The van der Waals surface area contributed by atoms with E-state index < -0.39 is 0 Å². The van der Waals surface area contributed by atoms with Crippen LogP contribution in [0.2, 0.25) is 0 Å². The van der Waals surface area contributed by atoms with Crippen LogP contribution in [0.3, 0.4) is 0 Å². The Labute approximate surface area is 109 Å². The lowest BCUT2D eigenvalue weighted by molar-refractivity contribution is -0.0777. The lowest BCUT2D eigenvalue weighted by Crippen LogP contribution is -2.41. The predicted octanol–water partition coefficient (Wildman–Crippen LogP) is 4.10. The molecule has 1 aliphatic rings. The van der Waals surface area contributed by atoms with E-state index in [0.29, 0.717) is 0 Å². The molecule has 1 nitrogen and oxygen atoms in total. The molecule has 0 N–H and O–H groups in total. The van der Waals surface area contributed by atoms with Crippen LogP contribution in [0.15, 0.2) is 24.3 Å². The summed E-state index contributed by atoms with van der Waals surface area (Å²) in [5.74, 6) is 0. The first-order valence-corrected chi connectivity index (χ1v) is 6.82. The molecule has 2 heteroatoms. The summed E-state index contributed by atoms with van der Waals surface area (Å²) < 4.78 is 5.62. The van der Waals surface area contributed by atoms with Crippen LogP contribution in [0.5, 0.6) is 0 Å². The molecule has 1 atom stereocenters. The van der Waals surface area contributed by atoms with Crippen LogP contribution in [-0.2, 0) is 11.2 Å². The van der Waals surface area contributed by atoms with E-state index in [4.69, 9.17) is 16.3 Å². The maximum Gasteiger partial charge on any atom is 0.0693 e. The largest absolute Gasteiger partial charge is 0.378 e. The fourth-order valence-electron chi connectivity index (χ4n) is 2.52. The molecule has 2 rings (SSSR count). The van der Waals surface area contributed by atoms with Gasteiger partial charge in [-0.05, 0) is 44.6 Å². The van der Waals surface area contributed by atoms with E-state index in [1.807, 2.05) is 7.11 Å². The third kappa shape index (κ3) is 3.23. The van der Waals surface area contributed by atoms with E-state index in [2.05, 4.69) is 31.2 Å². The lowest BCUT2D eigenvalue weighted by atomic mass is 9.76. The number of benzene rings is 1. The van der Waals surface area contributed by atoms with Gasteiger partial charge < -0.3 is 4.74 Å². The SMILES string of the molecule is COC1(CC(Cl)Cc2ccc(C)cc2)CCC1. The Morgan fingerprint density at radius 3 is 2.41 bits per heavy atom. The van der Waals surface area contributed by atoms with Crippen molar-refractivity contribution in [3.05, 3.63) is 35.4 Å². The maximum absolute atomic E-state index is 6.45. The Morgan fingerprint density at radius 1 is 1.29 bits per heavy atom. The normalized spacial score (nSPS) is 19.7. The van der Waals surface area contributed by atoms with Crippen LogP contribution in [-0.4, -0.2) is 18.1 Å². The van der Waals surface area contributed by atoms with Crippen molar-refractivity contribution in [2.24, 2.45) is 0 Å². The number of aryl methyl sites for hydroxylation is 1. The first-order chi connectivity index (χ1) is 8.13. The third-order valence-electron chi connectivity index (χ3n) is 3.87. The molecule has 0 aliphatic heterocycles. The van der Waals surface area contributed by atoms with Crippen LogP contribution in [0.1, 0.15) is 36.8 Å². The van der Waals surface area contributed by atoms with Crippen molar-refractivity contribution in [1.82, 2.24) is 0 Å². The Bertz CT molecular complexity index is 348. The molecule has 1 aliphatic carbocycles. The van der Waals surface area contributed by atoms with Gasteiger partial charge in [0.1, 0.15) is 0 Å². The summed E-state index contributed by atoms with van der Waals surface area (Å²) in [7, 11) is 1.81. The highest BCUT2D eigenvalue weighted by Crippen LogP contribution is 2.40. The Kier molecular flexibility index (Phi) is 4.11. The van der Waals surface area contributed by atoms with Crippen molar-refractivity contribution in [2.75, 3.05) is 7.11 Å². The summed E-state index contributed by atoms with van der Waals surface area (Å²) in [6.07, 6.45) is 5.52. The molecule has 1 saturated carbocycles. The van der Waals surface area contributed by atoms with E-state index in [9.17, 15) is 0 Å². The van der Waals surface area contributed by atoms with Crippen LogP contribution in [0.4, 0.5) is 0 Å². The topological polar surface area (TPSA) is 9.23 Å². The summed E-state index contributed by atoms with van der Waals surface area (Å²) in [4.78, 5) is 0. The van der Waals surface area contributed by atoms with Gasteiger partial charge in [-0.1, -0.05) is 29.8 Å². The lowest BCUT2D eigenvalue weighted by Gasteiger charge is -2.41. The van der Waals surface area contributed by atoms with Crippen molar-refractivity contribution in [3.63, 3.8) is 0 Å². The molecule has 1 fully saturated rings. The second-order valence-electron chi connectivity index (χ2n) is 5.23. The number of rotatable bonds is 5. The highest BCUT2D eigenvalue weighted by Gasteiger charge is 2.38. The molecule has 0 bridgehead atoms. The van der Waals surface area contributed by atoms with Crippen molar-refractivity contribution in [2.45, 2.75) is 50.0 Å². The number of hydrogen-bond donors (Lipinski definition) is 0. The summed E-state index contributed by atoms with van der Waals surface area (Å²) in [6.45, 7) is 2.11. The van der Waals surface area contributed by atoms with E-state index in [1.165, 1.54) is 30.4 Å². The molecule has 0 aromatic heterocycles. The molecular weight excluding hydrogens is 232 g/mol. The summed E-state index contributed by atoms with van der Waals surface area (Å²) >= 11 is 6.45. The molecule has 1 unspecified atom stereocenters. The van der Waals surface area contributed by atoms with Gasteiger partial charge in [0.2, 0.25) is 0 Å². The van der Waals surface area contributed by atoms with Gasteiger partial charge in [-0.2, -0.15) is 0 Å². The van der Waals surface area contributed by atoms with Crippen LogP contribution < -0.4 is 0 Å². The Morgan fingerprint density at radius 2 is 1.94 bits per heavy atom. The van der Waals surface area contributed by atoms with Crippen LogP contribution >= 0.6 is 11.6 Å². The fourth-order valence-corrected chi connectivity index (χ4v) is 2.98. The smallest absolute Gasteiger partial charge is 0.0693 e. The number of methoxy groups -OCH3 is 1. The van der Waals surface area contributed by atoms with Crippen molar-refractivity contribution in [1.29, 1.82) is 0 Å². The standard InChI is InChI=1S/C15H21ClO/c1-12-4-6-13(7-5-12)10-14(16)11-15(17-2)8-3-9-15/h4-7,14H,3,8-11H2,1-2H3. The van der Waals surface area contributed by atoms with Gasteiger partial charge in [0, 0.05) is 12.5 Å². The van der Waals surface area contributed by atoms with Crippen molar-refractivity contribution >= 4 is 11.6 Å². The minimum absolute atomic E-state index is 0.0805. The molecular formula is C15H21ClO. The van der Waals surface area contributed by atoms with E-state index in [-0.39, 0.29) is 11.0 Å². The highest BCUT2D eigenvalue weighted by molar-refractivity contribution is 6.20. The molecule has 17 heavy (non-hydrogen) atoms. The summed E-state index contributed by atoms with van der Waals surface area (Å²) in [5.41, 5.74) is 2.70. The molecule has 0 amide bonds. The van der Waals surface area contributed by atoms with Gasteiger partial charge in [-0.15, -0.1) is 11.6 Å². The number of ether oxygens (including phenoxy) is 1. The number of hydrogen-bond acceptors (Lipinski definition) is 1. The van der Waals surface area contributed by atoms with Crippen molar-refractivity contribution in [3.8, 4) is 0 Å². The van der Waals surface area contributed by atoms with Gasteiger partial charge >= 0.3 is 0 Å². The number of alkyl halides is 1. The molecule has 94 valence electrons. The van der Waals surface area contributed by atoms with Gasteiger partial charge in [0.25, 0.3) is 0 Å². The average molecular weight is 253 g/mol. The van der Waals surface area contributed by atoms with Crippen molar-refractivity contribution < 1.29 is 4.74 Å². The fraction of sp³-hybridized carbons (Fsp3) is 0.600. The number of halogens is 1. The Balaban J connectivity index is 1.88. The zero-order chi connectivity index (χ0) is 12.3. The van der Waals surface area contributed by atoms with Crippen LogP contribution in [0, 0.1) is 6.92 Å². The summed E-state index contributed by atoms with van der Waals surface area (Å²) in [6, 6.07) is 8.64. The first-order valence-electron chi connectivity index (χ1n) is 6.38. The predicted molar refractivity (Wildman–Crippen MR) is 72.7 cm³/mol. The van der Waals surface area contributed by atoms with Gasteiger partial charge in [-0.25, -0.2) is 0 Å². The zero-order valence-electron chi connectivity index (χ0n) is 10.7. The van der Waals surface area contributed by atoms with Gasteiger partial charge in [0.15, 0.2) is 0 Å².